The molecular weight excluding hydrogens is 309 g/mol. The van der Waals surface area contributed by atoms with Gasteiger partial charge in [0.1, 0.15) is 5.82 Å². The van der Waals surface area contributed by atoms with Crippen molar-refractivity contribution in [1.29, 1.82) is 0 Å². The summed E-state index contributed by atoms with van der Waals surface area (Å²) in [6.07, 6.45) is 4.92. The zero-order chi connectivity index (χ0) is 16.5. The van der Waals surface area contributed by atoms with Crippen molar-refractivity contribution in [3.05, 3.63) is 47.7 Å². The molecule has 2 aromatic rings. The lowest BCUT2D eigenvalue weighted by Gasteiger charge is -2.35. The van der Waals surface area contributed by atoms with Crippen LogP contribution in [0.15, 0.2) is 30.6 Å². The Morgan fingerprint density at radius 3 is 2.50 bits per heavy atom. The third-order valence-electron chi connectivity index (χ3n) is 4.51. The molecule has 0 spiro atoms. The van der Waals surface area contributed by atoms with Gasteiger partial charge in [-0.3, -0.25) is 9.78 Å². The molecule has 1 amide bonds. The van der Waals surface area contributed by atoms with Crippen LogP contribution in [0.3, 0.4) is 0 Å². The Morgan fingerprint density at radius 2 is 1.88 bits per heavy atom. The molecule has 2 fully saturated rings. The maximum absolute atomic E-state index is 13.2. The normalized spacial score (nSPS) is 17.9. The minimum atomic E-state index is -0.495. The highest BCUT2D eigenvalue weighted by atomic mass is 19.1. The van der Waals surface area contributed by atoms with Crippen LogP contribution in [0.2, 0.25) is 0 Å². The average molecular weight is 327 g/mol. The Balaban J connectivity index is 1.38. The van der Waals surface area contributed by atoms with Gasteiger partial charge in [-0.15, -0.1) is 5.10 Å². The molecule has 1 aliphatic carbocycles. The number of hydrogen-bond donors (Lipinski definition) is 0. The molecule has 0 bridgehead atoms. The monoisotopic (exact) mass is 327 g/mol. The van der Waals surface area contributed by atoms with Crippen molar-refractivity contribution in [1.82, 2.24) is 20.1 Å². The predicted molar refractivity (Wildman–Crippen MR) is 86.3 cm³/mol. The number of hydrogen-bond acceptors (Lipinski definition) is 5. The second-order valence-electron chi connectivity index (χ2n) is 6.26. The molecule has 0 atom stereocenters. The van der Waals surface area contributed by atoms with Gasteiger partial charge >= 0.3 is 0 Å². The number of amides is 1. The van der Waals surface area contributed by atoms with Crippen LogP contribution in [-0.4, -0.2) is 52.2 Å². The molecule has 0 aromatic carbocycles. The van der Waals surface area contributed by atoms with Crippen LogP contribution in [0, 0.1) is 5.82 Å². The van der Waals surface area contributed by atoms with Gasteiger partial charge in [-0.1, -0.05) is 0 Å². The molecule has 3 heterocycles. The summed E-state index contributed by atoms with van der Waals surface area (Å²) in [5.41, 5.74) is 1.36. The molecule has 1 saturated carbocycles. The molecule has 2 aliphatic rings. The molecule has 2 aromatic heterocycles. The number of piperazine rings is 1. The highest BCUT2D eigenvalue weighted by molar-refractivity contribution is 5.94. The Bertz CT molecular complexity index is 739. The maximum Gasteiger partial charge on any atom is 0.255 e. The first-order valence-corrected chi connectivity index (χ1v) is 8.19. The molecule has 24 heavy (non-hydrogen) atoms. The number of nitrogens with zero attached hydrogens (tertiary/aromatic N) is 5. The van der Waals surface area contributed by atoms with E-state index in [0.29, 0.717) is 32.1 Å². The van der Waals surface area contributed by atoms with Crippen molar-refractivity contribution in [2.24, 2.45) is 0 Å². The quantitative estimate of drug-likeness (QED) is 0.861. The molecule has 0 radical (unpaired) electrons. The summed E-state index contributed by atoms with van der Waals surface area (Å²) in [5, 5.41) is 8.62. The molecule has 0 N–H and O–H groups in total. The number of carbonyl (C=O) groups excluding carboxylic acids is 1. The van der Waals surface area contributed by atoms with Crippen LogP contribution in [0.25, 0.3) is 0 Å². The van der Waals surface area contributed by atoms with E-state index < -0.39 is 5.82 Å². The van der Waals surface area contributed by atoms with Crippen LogP contribution >= 0.6 is 0 Å². The van der Waals surface area contributed by atoms with Gasteiger partial charge in [-0.05, 0) is 31.0 Å². The minimum Gasteiger partial charge on any atom is -0.352 e. The van der Waals surface area contributed by atoms with Gasteiger partial charge in [0.05, 0.1) is 17.5 Å². The molecule has 0 unspecified atom stereocenters. The van der Waals surface area contributed by atoms with Crippen molar-refractivity contribution in [2.75, 3.05) is 31.1 Å². The SMILES string of the molecule is O=C(c1cncc(F)c1)N1CCN(c2ccc(C3CC3)nn2)CC1. The molecule has 1 aliphatic heterocycles. The van der Waals surface area contributed by atoms with E-state index in [2.05, 4.69) is 26.1 Å². The largest absolute Gasteiger partial charge is 0.352 e. The predicted octanol–water partition coefficient (Wildman–Crippen LogP) is 1.85. The first kappa shape index (κ1) is 15.0. The average Bonchev–Trinajstić information content (AvgIpc) is 3.47. The van der Waals surface area contributed by atoms with Crippen LogP contribution in [0.5, 0.6) is 0 Å². The molecule has 124 valence electrons. The van der Waals surface area contributed by atoms with Crippen molar-refractivity contribution in [3.63, 3.8) is 0 Å². The second kappa shape index (κ2) is 6.14. The van der Waals surface area contributed by atoms with Crippen LogP contribution in [0.1, 0.15) is 34.8 Å². The maximum atomic E-state index is 13.2. The van der Waals surface area contributed by atoms with Crippen molar-refractivity contribution >= 4 is 11.7 Å². The Labute approximate surface area is 139 Å². The third-order valence-corrected chi connectivity index (χ3v) is 4.51. The second-order valence-corrected chi connectivity index (χ2v) is 6.26. The fraction of sp³-hybridized carbons (Fsp3) is 0.412. The third kappa shape index (κ3) is 3.06. The number of carbonyl (C=O) groups is 1. The Hall–Kier alpha value is -2.57. The van der Waals surface area contributed by atoms with Gasteiger partial charge in [-0.2, -0.15) is 5.10 Å². The van der Waals surface area contributed by atoms with Gasteiger partial charge in [-0.25, -0.2) is 4.39 Å². The van der Waals surface area contributed by atoms with Crippen LogP contribution in [0.4, 0.5) is 10.2 Å². The van der Waals surface area contributed by atoms with E-state index in [9.17, 15) is 9.18 Å². The van der Waals surface area contributed by atoms with E-state index in [1.165, 1.54) is 25.1 Å². The zero-order valence-electron chi connectivity index (χ0n) is 13.2. The van der Waals surface area contributed by atoms with Gasteiger partial charge in [0.2, 0.25) is 0 Å². The van der Waals surface area contributed by atoms with Crippen molar-refractivity contribution in [2.45, 2.75) is 18.8 Å². The summed E-state index contributed by atoms with van der Waals surface area (Å²) >= 11 is 0. The summed E-state index contributed by atoms with van der Waals surface area (Å²) in [6.45, 7) is 2.51. The van der Waals surface area contributed by atoms with Crippen molar-refractivity contribution in [3.8, 4) is 0 Å². The van der Waals surface area contributed by atoms with Gasteiger partial charge in [0.25, 0.3) is 5.91 Å². The minimum absolute atomic E-state index is 0.184. The highest BCUT2D eigenvalue weighted by Crippen LogP contribution is 2.38. The fourth-order valence-electron chi connectivity index (χ4n) is 2.95. The van der Waals surface area contributed by atoms with Crippen molar-refractivity contribution < 1.29 is 9.18 Å². The molecule has 6 nitrogen and oxygen atoms in total. The van der Waals surface area contributed by atoms with E-state index in [1.807, 2.05) is 6.07 Å². The van der Waals surface area contributed by atoms with Gasteiger partial charge in [0, 0.05) is 38.3 Å². The van der Waals surface area contributed by atoms with E-state index >= 15 is 0 Å². The number of rotatable bonds is 3. The lowest BCUT2D eigenvalue weighted by molar-refractivity contribution is 0.0745. The number of pyridine rings is 1. The number of aromatic nitrogens is 3. The smallest absolute Gasteiger partial charge is 0.255 e. The molecule has 1 saturated heterocycles. The fourth-order valence-corrected chi connectivity index (χ4v) is 2.95. The number of halogens is 1. The lowest BCUT2D eigenvalue weighted by Crippen LogP contribution is -2.49. The zero-order valence-corrected chi connectivity index (χ0v) is 13.2. The van der Waals surface area contributed by atoms with E-state index in [-0.39, 0.29) is 11.5 Å². The Kier molecular flexibility index (Phi) is 3.84. The first-order valence-electron chi connectivity index (χ1n) is 8.19. The molecule has 4 rings (SSSR count). The summed E-state index contributed by atoms with van der Waals surface area (Å²) in [6, 6.07) is 5.29. The number of anilines is 1. The van der Waals surface area contributed by atoms with E-state index in [0.717, 1.165) is 17.7 Å². The van der Waals surface area contributed by atoms with Gasteiger partial charge in [0.15, 0.2) is 5.82 Å². The molecule has 7 heteroatoms. The summed E-state index contributed by atoms with van der Waals surface area (Å²) < 4.78 is 13.2. The summed E-state index contributed by atoms with van der Waals surface area (Å²) in [5.74, 6) is 0.766. The Morgan fingerprint density at radius 1 is 1.08 bits per heavy atom. The van der Waals surface area contributed by atoms with Crippen LogP contribution in [-0.2, 0) is 0 Å². The van der Waals surface area contributed by atoms with Crippen LogP contribution < -0.4 is 4.90 Å². The van der Waals surface area contributed by atoms with E-state index in [4.69, 9.17) is 0 Å². The highest BCUT2D eigenvalue weighted by Gasteiger charge is 2.26. The topological polar surface area (TPSA) is 62.2 Å². The van der Waals surface area contributed by atoms with Gasteiger partial charge < -0.3 is 9.80 Å². The standard InChI is InChI=1S/C17H18FN5O/c18-14-9-13(10-19-11-14)17(24)23-7-5-22(6-8-23)16-4-3-15(20-21-16)12-1-2-12/h3-4,9-12H,1-2,5-8H2. The summed E-state index contributed by atoms with van der Waals surface area (Å²) in [4.78, 5) is 20.0. The first-order chi connectivity index (χ1) is 11.7. The summed E-state index contributed by atoms with van der Waals surface area (Å²) in [7, 11) is 0. The molecular formula is C17H18FN5O. The van der Waals surface area contributed by atoms with E-state index in [1.54, 1.807) is 4.90 Å². The lowest BCUT2D eigenvalue weighted by atomic mass is 10.2.